The highest BCUT2D eigenvalue weighted by atomic mass is 35.5. The van der Waals surface area contributed by atoms with Crippen molar-refractivity contribution in [3.8, 4) is 0 Å². The van der Waals surface area contributed by atoms with Crippen LogP contribution < -0.4 is 0 Å². The lowest BCUT2D eigenvalue weighted by Crippen LogP contribution is -1.77. The molecule has 2 nitrogen and oxygen atoms in total. The molecule has 0 aliphatic carbocycles. The molecule has 1 N–H and O–H groups in total. The third-order valence-electron chi connectivity index (χ3n) is 0.721. The molecule has 0 bridgehead atoms. The van der Waals surface area contributed by atoms with Gasteiger partial charge in [-0.05, 0) is 12.2 Å². The van der Waals surface area contributed by atoms with Gasteiger partial charge in [0.2, 0.25) is 0 Å². The highest BCUT2D eigenvalue weighted by Crippen LogP contribution is 2.19. The summed E-state index contributed by atoms with van der Waals surface area (Å²) < 4.78 is 1.68. The first-order chi connectivity index (χ1) is 4.83. The fourth-order valence-electron chi connectivity index (χ4n) is 0.404. The van der Waals surface area contributed by atoms with Crippen molar-refractivity contribution >= 4 is 46.9 Å². The standard InChI is InChI=1S/C4H5ClN2S3/c5-1-2-9-4-7-6-3(8)10-4/h1-2H2,(H,6,8). The highest BCUT2D eigenvalue weighted by Gasteiger charge is 1.95. The molecule has 0 aliphatic heterocycles. The van der Waals surface area contributed by atoms with Crippen molar-refractivity contribution in [3.05, 3.63) is 3.95 Å². The highest BCUT2D eigenvalue weighted by molar-refractivity contribution is 8.01. The smallest absolute Gasteiger partial charge is 0.177 e. The topological polar surface area (TPSA) is 28.7 Å². The van der Waals surface area contributed by atoms with E-state index in [1.807, 2.05) is 0 Å². The van der Waals surface area contributed by atoms with Gasteiger partial charge in [-0.1, -0.05) is 23.1 Å². The van der Waals surface area contributed by atoms with Crippen molar-refractivity contribution in [3.63, 3.8) is 0 Å². The molecular weight excluding hydrogens is 208 g/mol. The van der Waals surface area contributed by atoms with Crippen molar-refractivity contribution in [1.29, 1.82) is 0 Å². The number of rotatable bonds is 3. The molecule has 1 aromatic rings. The molecule has 1 aromatic heterocycles. The average Bonchev–Trinajstić information content (AvgIpc) is 2.31. The van der Waals surface area contributed by atoms with E-state index < -0.39 is 0 Å². The summed E-state index contributed by atoms with van der Waals surface area (Å²) in [5.41, 5.74) is 0. The molecule has 0 radical (unpaired) electrons. The molecule has 6 heteroatoms. The van der Waals surface area contributed by atoms with Gasteiger partial charge in [0, 0.05) is 11.6 Å². The van der Waals surface area contributed by atoms with Crippen molar-refractivity contribution in [1.82, 2.24) is 10.2 Å². The van der Waals surface area contributed by atoms with Gasteiger partial charge in [0.1, 0.15) is 0 Å². The lowest BCUT2D eigenvalue weighted by molar-refractivity contribution is 1.00. The van der Waals surface area contributed by atoms with Crippen LogP contribution in [0.1, 0.15) is 0 Å². The predicted octanol–water partition coefficient (Wildman–Crippen LogP) is 2.53. The third-order valence-corrected chi connectivity index (χ3v) is 3.37. The number of thioether (sulfide) groups is 1. The molecule has 1 rings (SSSR count). The van der Waals surface area contributed by atoms with Crippen LogP contribution in [0, 0.1) is 3.95 Å². The monoisotopic (exact) mass is 212 g/mol. The molecule has 10 heavy (non-hydrogen) atoms. The maximum Gasteiger partial charge on any atom is 0.177 e. The lowest BCUT2D eigenvalue weighted by atomic mass is 11.0. The summed E-state index contributed by atoms with van der Waals surface area (Å²) in [6.07, 6.45) is 0. The zero-order chi connectivity index (χ0) is 7.40. The molecule has 1 heterocycles. The fourth-order valence-corrected chi connectivity index (χ4v) is 2.51. The van der Waals surface area contributed by atoms with Gasteiger partial charge in [-0.25, -0.2) is 0 Å². The van der Waals surface area contributed by atoms with Crippen LogP contribution in [-0.4, -0.2) is 21.8 Å². The molecule has 0 saturated heterocycles. The van der Waals surface area contributed by atoms with Crippen molar-refractivity contribution in [2.24, 2.45) is 0 Å². The summed E-state index contributed by atoms with van der Waals surface area (Å²) in [7, 11) is 0. The number of hydrogen-bond acceptors (Lipinski definition) is 4. The van der Waals surface area contributed by atoms with Gasteiger partial charge in [0.05, 0.1) is 0 Å². The number of nitrogens with zero attached hydrogens (tertiary/aromatic N) is 1. The van der Waals surface area contributed by atoms with Crippen molar-refractivity contribution in [2.45, 2.75) is 4.34 Å². The third kappa shape index (κ3) is 2.57. The number of hydrogen-bond donors (Lipinski definition) is 1. The van der Waals surface area contributed by atoms with Crippen LogP contribution in [0.3, 0.4) is 0 Å². The number of aromatic amines is 1. The first-order valence-corrected chi connectivity index (χ1v) is 5.31. The average molecular weight is 213 g/mol. The summed E-state index contributed by atoms with van der Waals surface area (Å²) in [4.78, 5) is 0. The number of halogens is 1. The molecule has 0 amide bonds. The van der Waals surface area contributed by atoms with E-state index in [1.165, 1.54) is 11.3 Å². The maximum atomic E-state index is 5.48. The Bertz CT molecular complexity index is 243. The van der Waals surface area contributed by atoms with E-state index in [4.69, 9.17) is 23.8 Å². The first-order valence-electron chi connectivity index (χ1n) is 2.57. The van der Waals surface area contributed by atoms with E-state index >= 15 is 0 Å². The molecule has 56 valence electrons. The first kappa shape index (κ1) is 8.52. The van der Waals surface area contributed by atoms with E-state index in [-0.39, 0.29) is 0 Å². The second kappa shape index (κ2) is 4.33. The van der Waals surface area contributed by atoms with E-state index in [0.29, 0.717) is 5.88 Å². The minimum Gasteiger partial charge on any atom is -0.257 e. The van der Waals surface area contributed by atoms with Crippen LogP contribution in [0.4, 0.5) is 0 Å². The van der Waals surface area contributed by atoms with Crippen LogP contribution in [0.25, 0.3) is 0 Å². The molecule has 0 spiro atoms. The summed E-state index contributed by atoms with van der Waals surface area (Å²) in [5, 5.41) is 6.64. The molecular formula is C4H5ClN2S3. The SMILES string of the molecule is S=c1[nH]nc(SCCCl)s1. The van der Waals surface area contributed by atoms with Crippen molar-refractivity contribution in [2.75, 3.05) is 11.6 Å². The van der Waals surface area contributed by atoms with Crippen LogP contribution in [0.2, 0.25) is 0 Å². The summed E-state index contributed by atoms with van der Waals surface area (Å²) in [5.74, 6) is 1.54. The number of alkyl halides is 1. The van der Waals surface area contributed by atoms with E-state index in [1.54, 1.807) is 11.8 Å². The van der Waals surface area contributed by atoms with Crippen LogP contribution in [0.15, 0.2) is 4.34 Å². The Labute approximate surface area is 77.0 Å². The van der Waals surface area contributed by atoms with E-state index in [9.17, 15) is 0 Å². The Balaban J connectivity index is 2.50. The quantitative estimate of drug-likeness (QED) is 0.474. The number of nitrogens with one attached hydrogen (secondary N) is 1. The van der Waals surface area contributed by atoms with E-state index in [2.05, 4.69) is 10.2 Å². The maximum absolute atomic E-state index is 5.48. The Morgan fingerprint density at radius 2 is 2.60 bits per heavy atom. The summed E-state index contributed by atoms with van der Waals surface area (Å²) in [6, 6.07) is 0. The van der Waals surface area contributed by atoms with Gasteiger partial charge >= 0.3 is 0 Å². The zero-order valence-corrected chi connectivity index (χ0v) is 8.17. The van der Waals surface area contributed by atoms with Crippen LogP contribution in [-0.2, 0) is 0 Å². The normalized spacial score (nSPS) is 10.1. The minimum atomic E-state index is 0.650. The van der Waals surface area contributed by atoms with Gasteiger partial charge in [0.15, 0.2) is 8.29 Å². The number of aromatic nitrogens is 2. The minimum absolute atomic E-state index is 0.650. The molecule has 0 fully saturated rings. The second-order valence-electron chi connectivity index (χ2n) is 1.42. The van der Waals surface area contributed by atoms with Gasteiger partial charge in [-0.2, -0.15) is 5.10 Å². The number of H-pyrrole nitrogens is 1. The Morgan fingerprint density at radius 1 is 1.80 bits per heavy atom. The van der Waals surface area contributed by atoms with Crippen LogP contribution in [0.5, 0.6) is 0 Å². The summed E-state index contributed by atoms with van der Waals surface area (Å²) >= 11 is 13.4. The van der Waals surface area contributed by atoms with Crippen molar-refractivity contribution < 1.29 is 0 Å². The van der Waals surface area contributed by atoms with Crippen LogP contribution >= 0.6 is 46.9 Å². The Hall–Kier alpha value is 0.420. The largest absolute Gasteiger partial charge is 0.257 e. The van der Waals surface area contributed by atoms with Gasteiger partial charge in [-0.3, -0.25) is 5.10 Å². The molecule has 0 saturated carbocycles. The lowest BCUT2D eigenvalue weighted by Gasteiger charge is -1.86. The predicted molar refractivity (Wildman–Crippen MR) is 48.7 cm³/mol. The van der Waals surface area contributed by atoms with E-state index in [0.717, 1.165) is 14.0 Å². The Morgan fingerprint density at radius 3 is 3.10 bits per heavy atom. The molecule has 0 unspecified atom stereocenters. The second-order valence-corrected chi connectivity index (χ2v) is 4.80. The van der Waals surface area contributed by atoms with Gasteiger partial charge in [-0.15, -0.1) is 11.6 Å². The summed E-state index contributed by atoms with van der Waals surface area (Å²) in [6.45, 7) is 0. The molecule has 0 aromatic carbocycles. The zero-order valence-electron chi connectivity index (χ0n) is 4.96. The Kier molecular flexibility index (Phi) is 3.69. The molecule has 0 aliphatic rings. The van der Waals surface area contributed by atoms with Gasteiger partial charge in [0.25, 0.3) is 0 Å². The molecule has 0 atom stereocenters. The fraction of sp³-hybridized carbons (Fsp3) is 0.500. The van der Waals surface area contributed by atoms with Gasteiger partial charge < -0.3 is 0 Å².